The molecule has 0 radical (unpaired) electrons. The second kappa shape index (κ2) is 13.0. The normalized spacial score (nSPS) is 18.2. The van der Waals surface area contributed by atoms with Gasteiger partial charge < -0.3 is 18.6 Å². The Morgan fingerprint density at radius 1 is 1.07 bits per heavy atom. The Labute approximate surface area is 241 Å². The number of nitrogens with one attached hydrogen (secondary N) is 1. The Hall–Kier alpha value is -2.43. The molecule has 1 saturated heterocycles. The molecule has 0 aliphatic carbocycles. The Morgan fingerprint density at radius 2 is 1.68 bits per heavy atom. The third-order valence-electron chi connectivity index (χ3n) is 7.38. The average molecular weight is 579 g/mol. The van der Waals surface area contributed by atoms with E-state index in [0.29, 0.717) is 12.8 Å². The number of imide groups is 1. The highest BCUT2D eigenvalue weighted by atomic mass is 28.4. The number of rotatable bonds is 11. The summed E-state index contributed by atoms with van der Waals surface area (Å²) in [5, 5.41) is 2.65. The summed E-state index contributed by atoms with van der Waals surface area (Å²) in [5.74, 6) is -0.943. The Balaban J connectivity index is 2.18. The van der Waals surface area contributed by atoms with Crippen molar-refractivity contribution >= 4 is 26.4 Å². The summed E-state index contributed by atoms with van der Waals surface area (Å²) in [7, 11) is -2.29. The van der Waals surface area contributed by atoms with E-state index >= 15 is 0 Å². The van der Waals surface area contributed by atoms with Crippen molar-refractivity contribution in [1.29, 1.82) is 0 Å². The minimum absolute atomic E-state index is 0.0885. The lowest BCUT2D eigenvalue weighted by Gasteiger charge is -2.41. The number of carbonyl (C=O) groups excluding carboxylic acids is 3. The first kappa shape index (κ1) is 33.8. The van der Waals surface area contributed by atoms with Gasteiger partial charge in [-0.05, 0) is 71.2 Å². The fraction of sp³-hybridized carbons (Fsp3) is 0.700. The van der Waals surface area contributed by atoms with Gasteiger partial charge in [0.25, 0.3) is 0 Å². The fourth-order valence-electron chi connectivity index (χ4n) is 4.13. The summed E-state index contributed by atoms with van der Waals surface area (Å²) in [6.07, 6.45) is -0.788. The number of nitrogens with zero attached hydrogens (tertiary/aromatic N) is 1. The molecule has 3 amide bonds. The Kier molecular flexibility index (Phi) is 11.0. The molecule has 0 saturated carbocycles. The molecule has 0 spiro atoms. The van der Waals surface area contributed by atoms with Crippen LogP contribution in [-0.2, 0) is 29.9 Å². The molecule has 1 aromatic rings. The van der Waals surface area contributed by atoms with E-state index in [-0.39, 0.29) is 30.2 Å². The lowest BCUT2D eigenvalue weighted by molar-refractivity contribution is -0.136. The zero-order chi connectivity index (χ0) is 30.5. The van der Waals surface area contributed by atoms with Gasteiger partial charge in [0.2, 0.25) is 5.91 Å². The Morgan fingerprint density at radius 3 is 2.23 bits per heavy atom. The molecule has 1 N–H and O–H groups in total. The van der Waals surface area contributed by atoms with Gasteiger partial charge in [0.15, 0.2) is 8.32 Å². The number of carbonyl (C=O) groups is 3. The highest BCUT2D eigenvalue weighted by molar-refractivity contribution is 6.74. The minimum Gasteiger partial charge on any atom is -0.447 e. The SMILES string of the molecule is CC(C(=O)N1C(=O)OCC1Cc1ccccc1)C(CCOC(C)(C)NC(=O)OC(C)(C)C)O[Si](C)(C)C(C)(C)C. The van der Waals surface area contributed by atoms with Gasteiger partial charge in [-0.25, -0.2) is 14.5 Å². The van der Waals surface area contributed by atoms with E-state index in [4.69, 9.17) is 18.6 Å². The van der Waals surface area contributed by atoms with Crippen molar-refractivity contribution in [3.63, 3.8) is 0 Å². The number of alkyl carbamates (subject to hydrolysis) is 1. The molecule has 0 aromatic heterocycles. The van der Waals surface area contributed by atoms with Crippen molar-refractivity contribution in [2.75, 3.05) is 13.2 Å². The zero-order valence-corrected chi connectivity index (χ0v) is 27.3. The van der Waals surface area contributed by atoms with Crippen LogP contribution in [0.4, 0.5) is 9.59 Å². The standard InChI is InChI=1S/C30H50N2O7Si/c1-21(25(33)32-23(20-36-27(32)35)19-22-15-13-12-14-16-22)24(39-40(10,11)29(5,6)7)17-18-37-30(8,9)31-26(34)38-28(2,3)4/h12-16,21,23-24H,17-20H2,1-11H3,(H,31,34). The zero-order valence-electron chi connectivity index (χ0n) is 26.3. The van der Waals surface area contributed by atoms with Gasteiger partial charge >= 0.3 is 12.2 Å². The molecule has 1 heterocycles. The van der Waals surface area contributed by atoms with Crippen molar-refractivity contribution in [2.24, 2.45) is 5.92 Å². The molecule has 0 bridgehead atoms. The predicted octanol–water partition coefficient (Wildman–Crippen LogP) is 6.27. The summed E-state index contributed by atoms with van der Waals surface area (Å²) in [4.78, 5) is 40.1. The summed E-state index contributed by atoms with van der Waals surface area (Å²) in [6.45, 7) is 21.7. The minimum atomic E-state index is -2.29. The van der Waals surface area contributed by atoms with Crippen LogP contribution in [0.1, 0.15) is 74.3 Å². The monoisotopic (exact) mass is 578 g/mol. The van der Waals surface area contributed by atoms with E-state index in [2.05, 4.69) is 39.2 Å². The van der Waals surface area contributed by atoms with E-state index in [0.717, 1.165) is 5.56 Å². The Bertz CT molecular complexity index is 1020. The molecule has 9 nitrogen and oxygen atoms in total. The maximum Gasteiger partial charge on any atom is 0.416 e. The summed E-state index contributed by atoms with van der Waals surface area (Å²) < 4.78 is 23.4. The third kappa shape index (κ3) is 9.89. The van der Waals surface area contributed by atoms with Crippen LogP contribution in [0.2, 0.25) is 18.1 Å². The van der Waals surface area contributed by atoms with E-state index in [1.165, 1.54) is 4.90 Å². The summed E-state index contributed by atoms with van der Waals surface area (Å²) >= 11 is 0. The smallest absolute Gasteiger partial charge is 0.416 e. The molecule has 10 heteroatoms. The van der Waals surface area contributed by atoms with Crippen molar-refractivity contribution in [3.05, 3.63) is 35.9 Å². The summed E-state index contributed by atoms with van der Waals surface area (Å²) in [6, 6.07) is 9.37. The van der Waals surface area contributed by atoms with Crippen molar-refractivity contribution in [2.45, 2.75) is 117 Å². The first-order valence-electron chi connectivity index (χ1n) is 14.1. The van der Waals surface area contributed by atoms with Crippen LogP contribution in [0.5, 0.6) is 0 Å². The van der Waals surface area contributed by atoms with E-state index in [9.17, 15) is 14.4 Å². The van der Waals surface area contributed by atoms with E-state index < -0.39 is 43.9 Å². The van der Waals surface area contributed by atoms with Crippen LogP contribution in [0, 0.1) is 5.92 Å². The van der Waals surface area contributed by atoms with Crippen LogP contribution in [-0.4, -0.2) is 68.0 Å². The molecule has 1 fully saturated rings. The van der Waals surface area contributed by atoms with Gasteiger partial charge in [0, 0.05) is 0 Å². The van der Waals surface area contributed by atoms with Crippen molar-refractivity contribution in [3.8, 4) is 0 Å². The molecule has 1 aliphatic rings. The second-order valence-corrected chi connectivity index (χ2v) is 18.4. The molecular formula is C30H50N2O7Si. The van der Waals surface area contributed by atoms with E-state index in [1.807, 2.05) is 30.3 Å². The number of hydrogen-bond donors (Lipinski definition) is 1. The number of hydrogen-bond acceptors (Lipinski definition) is 7. The van der Waals surface area contributed by atoms with Gasteiger partial charge in [-0.3, -0.25) is 10.1 Å². The van der Waals surface area contributed by atoms with Crippen LogP contribution in [0.15, 0.2) is 30.3 Å². The molecule has 226 valence electrons. The number of ether oxygens (including phenoxy) is 3. The second-order valence-electron chi connectivity index (χ2n) is 13.6. The van der Waals surface area contributed by atoms with Gasteiger partial charge in [-0.2, -0.15) is 0 Å². The maximum absolute atomic E-state index is 13.8. The first-order chi connectivity index (χ1) is 18.2. The molecule has 3 atom stereocenters. The van der Waals surface area contributed by atoms with Crippen LogP contribution in [0.3, 0.4) is 0 Å². The van der Waals surface area contributed by atoms with Gasteiger partial charge in [0.1, 0.15) is 17.9 Å². The molecule has 3 unspecified atom stereocenters. The lowest BCUT2D eigenvalue weighted by atomic mass is 9.98. The highest BCUT2D eigenvalue weighted by Crippen LogP contribution is 2.39. The summed E-state index contributed by atoms with van der Waals surface area (Å²) in [5.41, 5.74) is -0.609. The molecule has 1 aromatic carbocycles. The van der Waals surface area contributed by atoms with Crippen molar-refractivity contribution < 1.29 is 33.0 Å². The third-order valence-corrected chi connectivity index (χ3v) is 11.9. The number of cyclic esters (lactones) is 1. The molecule has 40 heavy (non-hydrogen) atoms. The average Bonchev–Trinajstić information content (AvgIpc) is 3.15. The van der Waals surface area contributed by atoms with Gasteiger partial charge in [-0.15, -0.1) is 0 Å². The lowest BCUT2D eigenvalue weighted by Crippen LogP contribution is -2.51. The highest BCUT2D eigenvalue weighted by Gasteiger charge is 2.45. The molecule has 1 aliphatic heterocycles. The number of amides is 3. The van der Waals surface area contributed by atoms with Gasteiger partial charge in [-0.1, -0.05) is 58.0 Å². The largest absolute Gasteiger partial charge is 0.447 e. The van der Waals surface area contributed by atoms with Crippen LogP contribution < -0.4 is 5.32 Å². The van der Waals surface area contributed by atoms with E-state index in [1.54, 1.807) is 41.5 Å². The number of benzene rings is 1. The van der Waals surface area contributed by atoms with Gasteiger partial charge in [0.05, 0.1) is 24.7 Å². The maximum atomic E-state index is 13.8. The topological polar surface area (TPSA) is 103 Å². The molecular weight excluding hydrogens is 528 g/mol. The first-order valence-corrected chi connectivity index (χ1v) is 17.0. The predicted molar refractivity (Wildman–Crippen MR) is 157 cm³/mol. The quantitative estimate of drug-likeness (QED) is 0.244. The fourth-order valence-corrected chi connectivity index (χ4v) is 5.56. The van der Waals surface area contributed by atoms with Crippen LogP contribution >= 0.6 is 0 Å². The molecule has 2 rings (SSSR count). The van der Waals surface area contributed by atoms with Crippen LogP contribution in [0.25, 0.3) is 0 Å². The van der Waals surface area contributed by atoms with Crippen molar-refractivity contribution in [1.82, 2.24) is 10.2 Å².